The van der Waals surface area contributed by atoms with Crippen LogP contribution in [0.3, 0.4) is 0 Å². The predicted octanol–water partition coefficient (Wildman–Crippen LogP) is 2.70. The quantitative estimate of drug-likeness (QED) is 0.845. The maximum atomic E-state index is 10.3. The highest BCUT2D eigenvalue weighted by molar-refractivity contribution is 5.18. The molecule has 0 aliphatic heterocycles. The summed E-state index contributed by atoms with van der Waals surface area (Å²) < 4.78 is 0. The number of aliphatic hydroxyl groups excluding tert-OH is 1. The second-order valence-electron chi connectivity index (χ2n) is 5.51. The van der Waals surface area contributed by atoms with Crippen molar-refractivity contribution in [3.05, 3.63) is 35.9 Å². The average Bonchev–Trinajstić information content (AvgIpc) is 3.04. The van der Waals surface area contributed by atoms with Crippen LogP contribution < -0.4 is 0 Å². The number of rotatable bonds is 5. The molecule has 1 aliphatic rings. The van der Waals surface area contributed by atoms with Gasteiger partial charge < -0.3 is 10.0 Å². The van der Waals surface area contributed by atoms with Crippen LogP contribution in [-0.4, -0.2) is 29.6 Å². The van der Waals surface area contributed by atoms with Gasteiger partial charge in [0.15, 0.2) is 0 Å². The Kier molecular flexibility index (Phi) is 3.85. The van der Waals surface area contributed by atoms with E-state index >= 15 is 0 Å². The molecule has 0 saturated heterocycles. The largest absolute Gasteiger partial charge is 0.387 e. The van der Waals surface area contributed by atoms with Crippen molar-refractivity contribution in [3.8, 4) is 0 Å². The minimum Gasteiger partial charge on any atom is -0.387 e. The van der Waals surface area contributed by atoms with Gasteiger partial charge in [-0.3, -0.25) is 0 Å². The summed E-state index contributed by atoms with van der Waals surface area (Å²) in [5, 5.41) is 10.3. The van der Waals surface area contributed by atoms with Crippen molar-refractivity contribution in [1.29, 1.82) is 0 Å². The molecule has 2 rings (SSSR count). The van der Waals surface area contributed by atoms with Crippen molar-refractivity contribution in [2.75, 3.05) is 13.6 Å². The molecule has 1 saturated carbocycles. The average molecular weight is 233 g/mol. The molecule has 2 nitrogen and oxygen atoms in total. The topological polar surface area (TPSA) is 23.5 Å². The fraction of sp³-hybridized carbons (Fsp3) is 0.600. The Morgan fingerprint density at radius 1 is 1.35 bits per heavy atom. The number of aliphatic hydroxyl groups is 1. The van der Waals surface area contributed by atoms with E-state index in [4.69, 9.17) is 0 Å². The first-order chi connectivity index (χ1) is 8.09. The van der Waals surface area contributed by atoms with E-state index in [-0.39, 0.29) is 6.04 Å². The maximum Gasteiger partial charge on any atom is 0.0942 e. The number of hydrogen-bond acceptors (Lipinski definition) is 2. The van der Waals surface area contributed by atoms with Crippen molar-refractivity contribution >= 4 is 0 Å². The highest BCUT2D eigenvalue weighted by atomic mass is 16.3. The Labute approximate surface area is 104 Å². The van der Waals surface area contributed by atoms with Crippen LogP contribution in [0.1, 0.15) is 31.9 Å². The molecule has 1 fully saturated rings. The molecule has 4 atom stereocenters. The molecule has 94 valence electrons. The molecular formula is C15H23NO. The second kappa shape index (κ2) is 5.19. The summed E-state index contributed by atoms with van der Waals surface area (Å²) in [6, 6.07) is 10.1. The van der Waals surface area contributed by atoms with E-state index in [2.05, 4.69) is 25.8 Å². The lowest BCUT2D eigenvalue weighted by atomic mass is 10.0. The summed E-state index contributed by atoms with van der Waals surface area (Å²) in [7, 11) is 2.11. The molecule has 0 spiro atoms. The van der Waals surface area contributed by atoms with Gasteiger partial charge in [0.25, 0.3) is 0 Å². The van der Waals surface area contributed by atoms with Crippen molar-refractivity contribution in [2.45, 2.75) is 32.4 Å². The number of nitrogens with zero attached hydrogens (tertiary/aromatic N) is 1. The first-order valence-corrected chi connectivity index (χ1v) is 6.53. The van der Waals surface area contributed by atoms with E-state index < -0.39 is 6.10 Å². The Bertz CT molecular complexity index is 351. The van der Waals surface area contributed by atoms with Gasteiger partial charge in [0, 0.05) is 12.6 Å². The molecule has 1 N–H and O–H groups in total. The van der Waals surface area contributed by atoms with Crippen LogP contribution in [0.4, 0.5) is 0 Å². The summed E-state index contributed by atoms with van der Waals surface area (Å²) in [6.45, 7) is 5.51. The zero-order valence-electron chi connectivity index (χ0n) is 11.0. The van der Waals surface area contributed by atoms with Crippen LogP contribution in [0.5, 0.6) is 0 Å². The number of hydrogen-bond donors (Lipinski definition) is 1. The first-order valence-electron chi connectivity index (χ1n) is 6.53. The van der Waals surface area contributed by atoms with Crippen molar-refractivity contribution in [2.24, 2.45) is 11.8 Å². The van der Waals surface area contributed by atoms with E-state index in [0.29, 0.717) is 0 Å². The molecule has 4 unspecified atom stereocenters. The third-order valence-electron chi connectivity index (χ3n) is 4.09. The van der Waals surface area contributed by atoms with Gasteiger partial charge in [0.1, 0.15) is 0 Å². The monoisotopic (exact) mass is 233 g/mol. The third kappa shape index (κ3) is 3.08. The molecule has 2 heteroatoms. The Morgan fingerprint density at radius 3 is 2.47 bits per heavy atom. The summed E-state index contributed by atoms with van der Waals surface area (Å²) in [5.74, 6) is 1.71. The van der Waals surface area contributed by atoms with Gasteiger partial charge in [-0.2, -0.15) is 0 Å². The smallest absolute Gasteiger partial charge is 0.0942 e. The van der Waals surface area contributed by atoms with Gasteiger partial charge in [0.2, 0.25) is 0 Å². The molecule has 0 heterocycles. The van der Waals surface area contributed by atoms with Crippen molar-refractivity contribution in [3.63, 3.8) is 0 Å². The summed E-state index contributed by atoms with van der Waals surface area (Å²) in [6.07, 6.45) is 0.952. The zero-order chi connectivity index (χ0) is 12.4. The normalized spacial score (nSPS) is 26.9. The van der Waals surface area contributed by atoms with Gasteiger partial charge in [-0.05, 0) is 37.8 Å². The highest BCUT2D eigenvalue weighted by Crippen LogP contribution is 2.38. The summed E-state index contributed by atoms with van der Waals surface area (Å²) in [4.78, 5) is 2.28. The Balaban J connectivity index is 1.92. The second-order valence-corrected chi connectivity index (χ2v) is 5.51. The minimum atomic E-state index is -0.393. The lowest BCUT2D eigenvalue weighted by Gasteiger charge is -2.29. The number of benzene rings is 1. The molecule has 1 aliphatic carbocycles. The van der Waals surface area contributed by atoms with Crippen LogP contribution in [0.2, 0.25) is 0 Å². The minimum absolute atomic E-state index is 0.171. The fourth-order valence-electron chi connectivity index (χ4n) is 2.36. The molecule has 0 bridgehead atoms. The van der Waals surface area contributed by atoms with Crippen LogP contribution in [0.25, 0.3) is 0 Å². The van der Waals surface area contributed by atoms with Crippen LogP contribution in [0, 0.1) is 11.8 Å². The van der Waals surface area contributed by atoms with Crippen molar-refractivity contribution in [1.82, 2.24) is 4.90 Å². The Morgan fingerprint density at radius 2 is 1.94 bits per heavy atom. The molecule has 0 amide bonds. The molecule has 17 heavy (non-hydrogen) atoms. The molecule has 1 aromatic carbocycles. The van der Waals surface area contributed by atoms with Gasteiger partial charge in [-0.15, -0.1) is 0 Å². The van der Waals surface area contributed by atoms with E-state index in [1.807, 2.05) is 30.3 Å². The predicted molar refractivity (Wildman–Crippen MR) is 70.8 cm³/mol. The van der Waals surface area contributed by atoms with Crippen LogP contribution >= 0.6 is 0 Å². The van der Waals surface area contributed by atoms with Gasteiger partial charge >= 0.3 is 0 Å². The lowest BCUT2D eigenvalue weighted by Crippen LogP contribution is -2.36. The zero-order valence-corrected chi connectivity index (χ0v) is 11.0. The maximum absolute atomic E-state index is 10.3. The third-order valence-corrected chi connectivity index (χ3v) is 4.09. The number of likely N-dealkylation sites (N-methyl/N-ethyl adjacent to an activating group) is 1. The van der Waals surface area contributed by atoms with E-state index in [9.17, 15) is 5.11 Å². The SMILES string of the molecule is CC1CC1CN(C)C(C)C(O)c1ccccc1. The van der Waals surface area contributed by atoms with E-state index in [1.54, 1.807) is 0 Å². The Hall–Kier alpha value is -0.860. The molecule has 1 aromatic rings. The molecule has 0 aromatic heterocycles. The first kappa shape index (κ1) is 12.6. The fourth-order valence-corrected chi connectivity index (χ4v) is 2.36. The highest BCUT2D eigenvalue weighted by Gasteiger charge is 2.34. The van der Waals surface area contributed by atoms with Crippen molar-refractivity contribution < 1.29 is 5.11 Å². The summed E-state index contributed by atoms with van der Waals surface area (Å²) in [5.41, 5.74) is 1.01. The molecular weight excluding hydrogens is 210 g/mol. The van der Waals surface area contributed by atoms with E-state index in [1.165, 1.54) is 6.42 Å². The standard InChI is InChI=1S/C15H23NO/c1-11-9-14(11)10-16(3)12(2)15(17)13-7-5-4-6-8-13/h4-8,11-12,14-15,17H,9-10H2,1-3H3. The summed E-state index contributed by atoms with van der Waals surface area (Å²) >= 11 is 0. The molecule has 0 radical (unpaired) electrons. The van der Waals surface area contributed by atoms with Gasteiger partial charge in [-0.25, -0.2) is 0 Å². The van der Waals surface area contributed by atoms with E-state index in [0.717, 1.165) is 23.9 Å². The van der Waals surface area contributed by atoms with Crippen LogP contribution in [-0.2, 0) is 0 Å². The van der Waals surface area contributed by atoms with Gasteiger partial charge in [-0.1, -0.05) is 37.3 Å². The van der Waals surface area contributed by atoms with Crippen LogP contribution in [0.15, 0.2) is 30.3 Å². The lowest BCUT2D eigenvalue weighted by molar-refractivity contribution is 0.0696. The van der Waals surface area contributed by atoms with Gasteiger partial charge in [0.05, 0.1) is 6.10 Å².